The normalized spacial score (nSPS) is 10.6. The van der Waals surface area contributed by atoms with Crippen LogP contribution < -0.4 is 15.4 Å². The minimum absolute atomic E-state index is 0.111. The first-order valence-corrected chi connectivity index (χ1v) is 12.4. The lowest BCUT2D eigenvalue weighted by molar-refractivity contribution is -0.113. The van der Waals surface area contributed by atoms with Crippen molar-refractivity contribution in [3.05, 3.63) is 94.8 Å². The summed E-state index contributed by atoms with van der Waals surface area (Å²) in [4.78, 5) is 25.2. The van der Waals surface area contributed by atoms with Crippen LogP contribution in [-0.4, -0.2) is 39.4 Å². The van der Waals surface area contributed by atoms with Crippen LogP contribution in [0.4, 0.5) is 5.69 Å². The van der Waals surface area contributed by atoms with E-state index < -0.39 is 0 Å². The van der Waals surface area contributed by atoms with E-state index in [1.165, 1.54) is 11.8 Å². The molecule has 0 aliphatic rings. The van der Waals surface area contributed by atoms with Crippen LogP contribution in [0.25, 0.3) is 5.69 Å². The molecular formula is C26H24ClN5O3S. The van der Waals surface area contributed by atoms with Crippen LogP contribution in [0.15, 0.2) is 78.0 Å². The second-order valence-corrected chi connectivity index (χ2v) is 9.21. The van der Waals surface area contributed by atoms with E-state index in [9.17, 15) is 9.59 Å². The molecule has 2 amide bonds. The van der Waals surface area contributed by atoms with Crippen molar-refractivity contribution in [1.29, 1.82) is 0 Å². The van der Waals surface area contributed by atoms with Gasteiger partial charge in [-0.05, 0) is 61.5 Å². The van der Waals surface area contributed by atoms with Gasteiger partial charge in [-0.15, -0.1) is 10.2 Å². The lowest BCUT2D eigenvalue weighted by atomic mass is 10.1. The Labute approximate surface area is 218 Å². The molecule has 3 aromatic carbocycles. The van der Waals surface area contributed by atoms with E-state index in [0.29, 0.717) is 33.0 Å². The molecule has 10 heteroatoms. The van der Waals surface area contributed by atoms with Gasteiger partial charge < -0.3 is 15.4 Å². The summed E-state index contributed by atoms with van der Waals surface area (Å²) in [5, 5.41) is 15.3. The summed E-state index contributed by atoms with van der Waals surface area (Å²) in [5.41, 5.74) is 2.95. The van der Waals surface area contributed by atoms with Crippen molar-refractivity contribution in [1.82, 2.24) is 20.1 Å². The number of ether oxygens (including phenoxy) is 1. The number of methoxy groups -OCH3 is 1. The lowest BCUT2D eigenvalue weighted by Crippen LogP contribution is -2.24. The number of hydrogen-bond acceptors (Lipinski definition) is 6. The van der Waals surface area contributed by atoms with Gasteiger partial charge in [-0.1, -0.05) is 47.1 Å². The van der Waals surface area contributed by atoms with Crippen LogP contribution in [0.5, 0.6) is 5.75 Å². The molecule has 4 aromatic rings. The number of halogens is 1. The molecule has 2 N–H and O–H groups in total. The fourth-order valence-electron chi connectivity index (χ4n) is 3.43. The second-order valence-electron chi connectivity index (χ2n) is 7.83. The number of nitrogens with zero attached hydrogens (tertiary/aromatic N) is 3. The first kappa shape index (κ1) is 25.3. The third-order valence-electron chi connectivity index (χ3n) is 5.16. The maximum Gasteiger partial charge on any atom is 0.251 e. The van der Waals surface area contributed by atoms with Crippen molar-refractivity contribution >= 4 is 40.9 Å². The molecule has 1 aromatic heterocycles. The van der Waals surface area contributed by atoms with E-state index in [1.54, 1.807) is 54.1 Å². The third kappa shape index (κ3) is 6.44. The maximum absolute atomic E-state index is 12.7. The van der Waals surface area contributed by atoms with Gasteiger partial charge >= 0.3 is 0 Å². The van der Waals surface area contributed by atoms with Crippen molar-refractivity contribution in [3.8, 4) is 11.4 Å². The molecule has 0 unspecified atom stereocenters. The fourth-order valence-corrected chi connectivity index (χ4v) is 4.39. The van der Waals surface area contributed by atoms with E-state index in [2.05, 4.69) is 20.8 Å². The molecule has 0 spiro atoms. The average molecular weight is 522 g/mol. The Morgan fingerprint density at radius 3 is 2.53 bits per heavy atom. The van der Waals surface area contributed by atoms with Crippen LogP contribution >= 0.6 is 23.4 Å². The zero-order chi connectivity index (χ0) is 25.5. The molecule has 36 heavy (non-hydrogen) atoms. The number of thioether (sulfide) groups is 1. The van der Waals surface area contributed by atoms with Crippen LogP contribution in [-0.2, 0) is 11.3 Å². The number of carbonyl (C=O) groups excluding carboxylic acids is 2. The van der Waals surface area contributed by atoms with E-state index in [-0.39, 0.29) is 24.1 Å². The van der Waals surface area contributed by atoms with Gasteiger partial charge in [-0.2, -0.15) is 0 Å². The molecule has 8 nitrogen and oxygen atoms in total. The van der Waals surface area contributed by atoms with Crippen LogP contribution in [0.3, 0.4) is 0 Å². The quantitative estimate of drug-likeness (QED) is 0.304. The Morgan fingerprint density at radius 1 is 1.03 bits per heavy atom. The predicted octanol–water partition coefficient (Wildman–Crippen LogP) is 4.90. The fraction of sp³-hybridized carbons (Fsp3) is 0.154. The maximum atomic E-state index is 12.7. The van der Waals surface area contributed by atoms with Crippen molar-refractivity contribution in [2.45, 2.75) is 18.6 Å². The van der Waals surface area contributed by atoms with Gasteiger partial charge in [0.1, 0.15) is 5.75 Å². The zero-order valence-electron chi connectivity index (χ0n) is 19.7. The Kier molecular flexibility index (Phi) is 8.24. The molecule has 0 radical (unpaired) electrons. The van der Waals surface area contributed by atoms with Crippen LogP contribution in [0.2, 0.25) is 5.02 Å². The summed E-state index contributed by atoms with van der Waals surface area (Å²) in [7, 11) is 1.59. The molecule has 184 valence electrons. The number of amides is 2. The second kappa shape index (κ2) is 11.7. The van der Waals surface area contributed by atoms with Gasteiger partial charge in [-0.25, -0.2) is 0 Å². The highest BCUT2D eigenvalue weighted by molar-refractivity contribution is 7.99. The highest BCUT2D eigenvalue weighted by Gasteiger charge is 2.17. The summed E-state index contributed by atoms with van der Waals surface area (Å²) in [6, 6.07) is 21.7. The number of hydrogen-bond donors (Lipinski definition) is 2. The minimum atomic E-state index is -0.215. The topological polar surface area (TPSA) is 98.1 Å². The van der Waals surface area contributed by atoms with Gasteiger partial charge in [0.2, 0.25) is 5.91 Å². The van der Waals surface area contributed by atoms with Gasteiger partial charge in [0.05, 0.1) is 25.1 Å². The molecular weight excluding hydrogens is 498 g/mol. The molecule has 0 bridgehead atoms. The Morgan fingerprint density at radius 2 is 1.81 bits per heavy atom. The summed E-state index contributed by atoms with van der Waals surface area (Å²) in [6.45, 7) is 2.08. The van der Waals surface area contributed by atoms with Gasteiger partial charge in [0.15, 0.2) is 11.0 Å². The first-order chi connectivity index (χ1) is 17.4. The lowest BCUT2D eigenvalue weighted by Gasteiger charge is -2.12. The zero-order valence-corrected chi connectivity index (χ0v) is 21.3. The predicted molar refractivity (Wildman–Crippen MR) is 141 cm³/mol. The average Bonchev–Trinajstić information content (AvgIpc) is 3.29. The van der Waals surface area contributed by atoms with Crippen molar-refractivity contribution in [2.24, 2.45) is 0 Å². The molecule has 0 atom stereocenters. The monoisotopic (exact) mass is 521 g/mol. The SMILES string of the molecule is COc1ccc(NC(=O)CSc2nnc(CNC(=O)c3cccc(C)c3)n2-c2cccc(Cl)c2)cc1. The molecule has 0 fully saturated rings. The Balaban J connectivity index is 1.49. The Hall–Kier alpha value is -3.82. The molecule has 1 heterocycles. The number of benzene rings is 3. The van der Waals surface area contributed by atoms with Gasteiger partial charge in [0, 0.05) is 16.3 Å². The van der Waals surface area contributed by atoms with E-state index in [0.717, 1.165) is 11.3 Å². The van der Waals surface area contributed by atoms with E-state index in [4.69, 9.17) is 16.3 Å². The van der Waals surface area contributed by atoms with E-state index >= 15 is 0 Å². The number of anilines is 1. The van der Waals surface area contributed by atoms with Gasteiger partial charge in [-0.3, -0.25) is 14.2 Å². The number of aryl methyl sites for hydroxylation is 1. The minimum Gasteiger partial charge on any atom is -0.497 e. The van der Waals surface area contributed by atoms with Crippen molar-refractivity contribution in [3.63, 3.8) is 0 Å². The van der Waals surface area contributed by atoms with Crippen LogP contribution in [0.1, 0.15) is 21.7 Å². The highest BCUT2D eigenvalue weighted by Crippen LogP contribution is 2.24. The molecule has 4 rings (SSSR count). The van der Waals surface area contributed by atoms with Crippen LogP contribution in [0, 0.1) is 6.92 Å². The molecule has 0 aliphatic heterocycles. The standard InChI is InChI=1S/C26H24ClN5O3S/c1-17-5-3-6-18(13-17)25(34)28-15-23-30-31-26(32(23)21-8-4-7-19(27)14-21)36-16-24(33)29-20-9-11-22(35-2)12-10-20/h3-14H,15-16H2,1-2H3,(H,28,34)(H,29,33). The number of rotatable bonds is 9. The number of aromatic nitrogens is 3. The summed E-state index contributed by atoms with van der Waals surface area (Å²) in [6.07, 6.45) is 0. The van der Waals surface area contributed by atoms with E-state index in [1.807, 2.05) is 37.3 Å². The molecule has 0 saturated carbocycles. The smallest absolute Gasteiger partial charge is 0.251 e. The van der Waals surface area contributed by atoms with Crippen molar-refractivity contribution < 1.29 is 14.3 Å². The first-order valence-electron chi connectivity index (χ1n) is 11.0. The largest absolute Gasteiger partial charge is 0.497 e. The molecule has 0 aliphatic carbocycles. The summed E-state index contributed by atoms with van der Waals surface area (Å²) < 4.78 is 6.93. The summed E-state index contributed by atoms with van der Waals surface area (Å²) in [5.74, 6) is 0.920. The molecule has 0 saturated heterocycles. The summed E-state index contributed by atoms with van der Waals surface area (Å²) >= 11 is 7.46. The highest BCUT2D eigenvalue weighted by atomic mass is 35.5. The van der Waals surface area contributed by atoms with Gasteiger partial charge in [0.25, 0.3) is 5.91 Å². The third-order valence-corrected chi connectivity index (χ3v) is 6.32. The Bertz CT molecular complexity index is 1370. The van der Waals surface area contributed by atoms with Crippen molar-refractivity contribution in [2.75, 3.05) is 18.2 Å². The number of nitrogens with one attached hydrogen (secondary N) is 2. The number of carbonyl (C=O) groups is 2.